The van der Waals surface area contributed by atoms with E-state index in [4.69, 9.17) is 14.7 Å². The van der Waals surface area contributed by atoms with E-state index < -0.39 is 0 Å². The predicted octanol–water partition coefficient (Wildman–Crippen LogP) is 2.40. The molecular formula is C12H15NO3. The second-order valence-electron chi connectivity index (χ2n) is 3.08. The van der Waals surface area contributed by atoms with Gasteiger partial charge in [-0.2, -0.15) is 0 Å². The summed E-state index contributed by atoms with van der Waals surface area (Å²) in [6.07, 6.45) is 2.58. The van der Waals surface area contributed by atoms with Crippen molar-refractivity contribution in [3.63, 3.8) is 0 Å². The van der Waals surface area contributed by atoms with Crippen LogP contribution < -0.4 is 4.74 Å². The van der Waals surface area contributed by atoms with E-state index in [2.05, 4.69) is 11.7 Å². The molecule has 0 saturated carbocycles. The Morgan fingerprint density at radius 1 is 1.44 bits per heavy atom. The second kappa shape index (κ2) is 6.63. The molecule has 4 nitrogen and oxygen atoms in total. The van der Waals surface area contributed by atoms with Gasteiger partial charge in [-0.05, 0) is 17.7 Å². The van der Waals surface area contributed by atoms with Gasteiger partial charge < -0.3 is 14.7 Å². The van der Waals surface area contributed by atoms with Crippen molar-refractivity contribution in [2.24, 2.45) is 5.16 Å². The van der Waals surface area contributed by atoms with Crippen LogP contribution >= 0.6 is 0 Å². The van der Waals surface area contributed by atoms with E-state index in [0.717, 1.165) is 11.3 Å². The topological polar surface area (TPSA) is 51.0 Å². The zero-order valence-corrected chi connectivity index (χ0v) is 9.17. The molecule has 1 rings (SSSR count). The van der Waals surface area contributed by atoms with Gasteiger partial charge in [0, 0.05) is 0 Å². The number of hydrogen-bond donors (Lipinski definition) is 1. The Hall–Kier alpha value is -1.81. The molecule has 0 aromatic heterocycles. The maximum atomic E-state index is 8.54. The first-order valence-corrected chi connectivity index (χ1v) is 4.85. The molecule has 1 unspecified atom stereocenters. The number of ether oxygens (including phenoxy) is 2. The molecule has 0 saturated heterocycles. The van der Waals surface area contributed by atoms with Crippen molar-refractivity contribution < 1.29 is 14.7 Å². The average molecular weight is 221 g/mol. The van der Waals surface area contributed by atoms with Crippen LogP contribution in [0.3, 0.4) is 0 Å². The number of nitrogens with zero attached hydrogens (tertiary/aromatic N) is 1. The van der Waals surface area contributed by atoms with Gasteiger partial charge in [-0.1, -0.05) is 23.4 Å². The molecular weight excluding hydrogens is 206 g/mol. The first-order valence-electron chi connectivity index (χ1n) is 4.85. The van der Waals surface area contributed by atoms with Gasteiger partial charge in [0.2, 0.25) is 0 Å². The third kappa shape index (κ3) is 3.40. The Balaban J connectivity index is 2.78. The maximum Gasteiger partial charge on any atom is 0.121 e. The molecule has 1 aromatic rings. The van der Waals surface area contributed by atoms with Crippen molar-refractivity contribution in [3.05, 3.63) is 42.5 Å². The molecule has 1 atom stereocenters. The number of methoxy groups -OCH3 is 1. The minimum absolute atomic E-state index is 0.381. The largest absolute Gasteiger partial charge is 0.497 e. The summed E-state index contributed by atoms with van der Waals surface area (Å²) in [6.45, 7) is 3.95. The smallest absolute Gasteiger partial charge is 0.121 e. The molecule has 0 heterocycles. The highest BCUT2D eigenvalue weighted by Gasteiger charge is 2.08. The summed E-state index contributed by atoms with van der Waals surface area (Å²) in [5, 5.41) is 11.5. The van der Waals surface area contributed by atoms with Crippen molar-refractivity contribution in [3.8, 4) is 5.75 Å². The van der Waals surface area contributed by atoms with Crippen LogP contribution in [0.1, 0.15) is 11.7 Å². The van der Waals surface area contributed by atoms with Crippen LogP contribution in [0.4, 0.5) is 0 Å². The van der Waals surface area contributed by atoms with Crippen molar-refractivity contribution in [1.82, 2.24) is 0 Å². The lowest BCUT2D eigenvalue weighted by Crippen LogP contribution is -2.06. The van der Waals surface area contributed by atoms with Gasteiger partial charge in [0.1, 0.15) is 11.9 Å². The van der Waals surface area contributed by atoms with Crippen LogP contribution in [-0.4, -0.2) is 25.1 Å². The van der Waals surface area contributed by atoms with Crippen LogP contribution in [0.25, 0.3) is 0 Å². The van der Waals surface area contributed by atoms with Gasteiger partial charge in [-0.15, -0.1) is 6.58 Å². The lowest BCUT2D eigenvalue weighted by atomic mass is 10.1. The Morgan fingerprint density at radius 3 is 2.62 bits per heavy atom. The lowest BCUT2D eigenvalue weighted by Gasteiger charge is -2.12. The summed E-state index contributed by atoms with van der Waals surface area (Å²) in [5.74, 6) is 0.771. The second-order valence-corrected chi connectivity index (χ2v) is 3.08. The van der Waals surface area contributed by atoms with E-state index >= 15 is 0 Å². The molecule has 0 spiro atoms. The van der Waals surface area contributed by atoms with Gasteiger partial charge >= 0.3 is 0 Å². The van der Waals surface area contributed by atoms with Crippen molar-refractivity contribution >= 4 is 6.21 Å². The Kier molecular flexibility index (Phi) is 5.08. The zero-order valence-electron chi connectivity index (χ0n) is 9.17. The summed E-state index contributed by atoms with van der Waals surface area (Å²) < 4.78 is 10.5. The molecule has 0 aliphatic carbocycles. The fourth-order valence-corrected chi connectivity index (χ4v) is 1.25. The number of hydrogen-bond acceptors (Lipinski definition) is 4. The molecule has 1 N–H and O–H groups in total. The molecule has 0 aliphatic heterocycles. The summed E-state index contributed by atoms with van der Waals surface area (Å²) in [6, 6.07) is 7.36. The van der Waals surface area contributed by atoms with Crippen LogP contribution in [0.5, 0.6) is 5.75 Å². The maximum absolute atomic E-state index is 8.54. The van der Waals surface area contributed by atoms with Crippen LogP contribution in [0.2, 0.25) is 0 Å². The molecule has 16 heavy (non-hydrogen) atoms. The predicted molar refractivity (Wildman–Crippen MR) is 62.2 cm³/mol. The zero-order chi connectivity index (χ0) is 11.8. The molecule has 0 bridgehead atoms. The fourth-order valence-electron chi connectivity index (χ4n) is 1.25. The molecule has 0 amide bonds. The third-order valence-electron chi connectivity index (χ3n) is 2.04. The Bertz CT molecular complexity index is 346. The van der Waals surface area contributed by atoms with E-state index in [1.165, 1.54) is 6.21 Å². The van der Waals surface area contributed by atoms with E-state index in [9.17, 15) is 0 Å². The van der Waals surface area contributed by atoms with E-state index in [0.29, 0.717) is 6.61 Å². The first-order chi connectivity index (χ1) is 7.81. The Labute approximate surface area is 94.8 Å². The van der Waals surface area contributed by atoms with Crippen molar-refractivity contribution in [1.29, 1.82) is 0 Å². The normalized spacial score (nSPS) is 12.6. The highest BCUT2D eigenvalue weighted by atomic mass is 16.5. The average Bonchev–Trinajstić information content (AvgIpc) is 2.35. The van der Waals surface area contributed by atoms with Gasteiger partial charge in [0.25, 0.3) is 0 Å². The molecule has 0 radical (unpaired) electrons. The highest BCUT2D eigenvalue weighted by molar-refractivity contribution is 5.65. The lowest BCUT2D eigenvalue weighted by molar-refractivity contribution is 0.124. The molecule has 4 heteroatoms. The van der Waals surface area contributed by atoms with Gasteiger partial charge in [-0.3, -0.25) is 0 Å². The molecule has 0 fully saturated rings. The van der Waals surface area contributed by atoms with Gasteiger partial charge in [0.15, 0.2) is 0 Å². The molecule has 1 aromatic carbocycles. The van der Waals surface area contributed by atoms with Crippen LogP contribution in [-0.2, 0) is 4.74 Å². The monoisotopic (exact) mass is 221 g/mol. The SMILES string of the molecule is C=CCOC(/C=N/O)c1ccc(OC)cc1. The summed E-state index contributed by atoms with van der Waals surface area (Å²) >= 11 is 0. The summed E-state index contributed by atoms with van der Waals surface area (Å²) in [4.78, 5) is 0. The van der Waals surface area contributed by atoms with Crippen molar-refractivity contribution in [2.45, 2.75) is 6.10 Å². The number of rotatable bonds is 6. The Morgan fingerprint density at radius 2 is 2.12 bits per heavy atom. The van der Waals surface area contributed by atoms with Crippen molar-refractivity contribution in [2.75, 3.05) is 13.7 Å². The van der Waals surface area contributed by atoms with Crippen LogP contribution in [0, 0.1) is 0 Å². The highest BCUT2D eigenvalue weighted by Crippen LogP contribution is 2.19. The van der Waals surface area contributed by atoms with E-state index in [1.807, 2.05) is 24.3 Å². The number of oxime groups is 1. The molecule has 86 valence electrons. The van der Waals surface area contributed by atoms with Gasteiger partial charge in [-0.25, -0.2) is 0 Å². The van der Waals surface area contributed by atoms with Crippen LogP contribution in [0.15, 0.2) is 42.1 Å². The standard InChI is InChI=1S/C12H15NO3/c1-3-8-16-12(9-13-14)10-4-6-11(15-2)7-5-10/h3-7,9,12,14H,1,8H2,2H3/b13-9+. The quantitative estimate of drug-likeness (QED) is 0.347. The first kappa shape index (κ1) is 12.3. The minimum Gasteiger partial charge on any atom is -0.497 e. The van der Waals surface area contributed by atoms with Gasteiger partial charge in [0.05, 0.1) is 19.9 Å². The third-order valence-corrected chi connectivity index (χ3v) is 2.04. The van der Waals surface area contributed by atoms with E-state index in [-0.39, 0.29) is 6.10 Å². The fraction of sp³-hybridized carbons (Fsp3) is 0.250. The summed E-state index contributed by atoms with van der Waals surface area (Å²) in [7, 11) is 1.61. The van der Waals surface area contributed by atoms with E-state index in [1.54, 1.807) is 13.2 Å². The summed E-state index contributed by atoms with van der Waals surface area (Å²) in [5.41, 5.74) is 0.889. The molecule has 0 aliphatic rings. The number of benzene rings is 1. The minimum atomic E-state index is -0.381.